The molecule has 4 heteroatoms. The van der Waals surface area contributed by atoms with E-state index < -0.39 is 0 Å². The third kappa shape index (κ3) is 4.23. The van der Waals surface area contributed by atoms with E-state index in [0.717, 1.165) is 57.7 Å². The van der Waals surface area contributed by atoms with Gasteiger partial charge >= 0.3 is 0 Å². The van der Waals surface area contributed by atoms with Crippen LogP contribution in [0.5, 0.6) is 0 Å². The summed E-state index contributed by atoms with van der Waals surface area (Å²) in [5.41, 5.74) is 4.83. The quantitative estimate of drug-likeness (QED) is 0.757. The highest BCUT2D eigenvalue weighted by Gasteiger charge is 2.23. The van der Waals surface area contributed by atoms with Crippen LogP contribution in [0.1, 0.15) is 40.9 Å². The number of nitrogens with zero attached hydrogens (tertiary/aromatic N) is 2. The summed E-state index contributed by atoms with van der Waals surface area (Å²) < 4.78 is 6.05. The predicted molar refractivity (Wildman–Crippen MR) is 109 cm³/mol. The van der Waals surface area contributed by atoms with Gasteiger partial charge in [-0.05, 0) is 55.2 Å². The molecule has 0 saturated carbocycles. The number of piperazine rings is 1. The largest absolute Gasteiger partial charge is 0.373 e. The smallest absolute Gasteiger partial charge is 0.159 e. The van der Waals surface area contributed by atoms with Gasteiger partial charge in [0.15, 0.2) is 5.78 Å². The van der Waals surface area contributed by atoms with Crippen LogP contribution in [0.4, 0.5) is 5.69 Å². The Morgan fingerprint density at radius 1 is 1.04 bits per heavy atom. The summed E-state index contributed by atoms with van der Waals surface area (Å²) in [5.74, 6) is 0.123. The van der Waals surface area contributed by atoms with Gasteiger partial charge in [-0.3, -0.25) is 9.69 Å². The van der Waals surface area contributed by atoms with Crippen LogP contribution in [0.2, 0.25) is 0 Å². The molecular formula is C23H28N2O2. The van der Waals surface area contributed by atoms with Crippen molar-refractivity contribution in [1.29, 1.82) is 0 Å². The summed E-state index contributed by atoms with van der Waals surface area (Å²) in [4.78, 5) is 16.4. The van der Waals surface area contributed by atoms with Crippen molar-refractivity contribution in [2.45, 2.75) is 25.9 Å². The number of benzene rings is 2. The number of ether oxygens (including phenoxy) is 1. The van der Waals surface area contributed by atoms with E-state index in [4.69, 9.17) is 4.74 Å². The van der Waals surface area contributed by atoms with Crippen LogP contribution < -0.4 is 4.90 Å². The highest BCUT2D eigenvalue weighted by molar-refractivity contribution is 5.94. The molecule has 0 spiro atoms. The van der Waals surface area contributed by atoms with Crippen molar-refractivity contribution in [3.05, 3.63) is 65.2 Å². The molecule has 4 rings (SSSR count). The van der Waals surface area contributed by atoms with Crippen LogP contribution in [0.15, 0.2) is 48.5 Å². The monoisotopic (exact) mass is 364 g/mol. The van der Waals surface area contributed by atoms with Crippen LogP contribution in [0, 0.1) is 0 Å². The lowest BCUT2D eigenvalue weighted by Gasteiger charge is -2.37. The summed E-state index contributed by atoms with van der Waals surface area (Å²) in [7, 11) is 0. The molecule has 1 atom stereocenters. The maximum Gasteiger partial charge on any atom is 0.159 e. The topological polar surface area (TPSA) is 32.8 Å². The molecule has 0 aliphatic carbocycles. The van der Waals surface area contributed by atoms with E-state index >= 15 is 0 Å². The molecule has 1 unspecified atom stereocenters. The summed E-state index contributed by atoms with van der Waals surface area (Å²) in [6.45, 7) is 7.73. The first-order valence-electron chi connectivity index (χ1n) is 9.98. The number of anilines is 1. The molecule has 2 aromatic carbocycles. The molecule has 1 fully saturated rings. The zero-order chi connectivity index (χ0) is 18.6. The highest BCUT2D eigenvalue weighted by atomic mass is 16.5. The molecule has 27 heavy (non-hydrogen) atoms. The first-order valence-corrected chi connectivity index (χ1v) is 9.98. The minimum atomic E-state index is 0.123. The van der Waals surface area contributed by atoms with Gasteiger partial charge in [-0.15, -0.1) is 0 Å². The molecule has 0 aromatic heterocycles. The lowest BCUT2D eigenvalue weighted by molar-refractivity contribution is 0.0289. The lowest BCUT2D eigenvalue weighted by Crippen LogP contribution is -2.47. The summed E-state index contributed by atoms with van der Waals surface area (Å²) in [6, 6.07) is 16.7. The fourth-order valence-electron chi connectivity index (χ4n) is 4.15. The molecule has 1 saturated heterocycles. The van der Waals surface area contributed by atoms with Gasteiger partial charge in [-0.2, -0.15) is 0 Å². The average Bonchev–Trinajstić information content (AvgIpc) is 2.72. The van der Waals surface area contributed by atoms with E-state index in [1.807, 2.05) is 12.1 Å². The third-order valence-corrected chi connectivity index (χ3v) is 5.81. The normalized spacial score (nSPS) is 20.3. The number of carbonyl (C=O) groups is 1. The van der Waals surface area contributed by atoms with Gasteiger partial charge in [0.05, 0.1) is 12.7 Å². The van der Waals surface area contributed by atoms with Gasteiger partial charge in [-0.25, -0.2) is 0 Å². The maximum atomic E-state index is 11.4. The second kappa shape index (κ2) is 8.24. The number of ketones is 1. The molecular weight excluding hydrogens is 336 g/mol. The summed E-state index contributed by atoms with van der Waals surface area (Å²) in [5, 5.41) is 0. The first-order chi connectivity index (χ1) is 13.2. The molecule has 2 aliphatic rings. The molecule has 0 radical (unpaired) electrons. The Labute approximate surface area is 161 Å². The van der Waals surface area contributed by atoms with E-state index in [9.17, 15) is 4.79 Å². The van der Waals surface area contributed by atoms with Gasteiger partial charge in [0.1, 0.15) is 0 Å². The molecule has 2 aliphatic heterocycles. The Morgan fingerprint density at radius 2 is 1.78 bits per heavy atom. The highest BCUT2D eigenvalue weighted by Crippen LogP contribution is 2.29. The van der Waals surface area contributed by atoms with E-state index in [0.29, 0.717) is 0 Å². The number of carbonyl (C=O) groups excluding carboxylic acids is 1. The Hall–Kier alpha value is -2.17. The van der Waals surface area contributed by atoms with E-state index in [-0.39, 0.29) is 11.9 Å². The predicted octanol–water partition coefficient (Wildman–Crippen LogP) is 3.72. The molecule has 4 nitrogen and oxygen atoms in total. The summed E-state index contributed by atoms with van der Waals surface area (Å²) in [6.07, 6.45) is 2.34. The van der Waals surface area contributed by atoms with E-state index in [1.165, 1.54) is 16.8 Å². The Kier molecular flexibility index (Phi) is 5.55. The van der Waals surface area contributed by atoms with Crippen LogP contribution in [0.25, 0.3) is 0 Å². The van der Waals surface area contributed by atoms with E-state index in [1.54, 1.807) is 6.92 Å². The van der Waals surface area contributed by atoms with Crippen molar-refractivity contribution in [3.63, 3.8) is 0 Å². The number of Topliss-reactive ketones (excluding diaryl/α,β-unsaturated/α-hetero) is 1. The zero-order valence-electron chi connectivity index (χ0n) is 16.1. The van der Waals surface area contributed by atoms with Crippen LogP contribution in [-0.2, 0) is 11.2 Å². The van der Waals surface area contributed by atoms with Gasteiger partial charge in [0.25, 0.3) is 0 Å². The minimum absolute atomic E-state index is 0.123. The maximum absolute atomic E-state index is 11.4. The van der Waals surface area contributed by atoms with Gasteiger partial charge < -0.3 is 9.64 Å². The number of fused-ring (bicyclic) bond motifs is 1. The van der Waals surface area contributed by atoms with E-state index in [2.05, 4.69) is 46.2 Å². The zero-order valence-corrected chi connectivity index (χ0v) is 16.1. The standard InChI is InChI=1S/C23H28N2O2/c1-18(26)19-6-8-21(9-7-19)25-15-13-24(14-16-25)12-10-23-22-5-3-2-4-20(22)11-17-27-23/h2-9,23H,10-17H2,1H3. The molecule has 142 valence electrons. The number of hydrogen-bond acceptors (Lipinski definition) is 4. The molecule has 2 aromatic rings. The average molecular weight is 364 g/mol. The van der Waals surface area contributed by atoms with Crippen molar-refractivity contribution in [2.75, 3.05) is 44.2 Å². The Bertz CT molecular complexity index is 779. The minimum Gasteiger partial charge on any atom is -0.373 e. The molecule has 0 N–H and O–H groups in total. The third-order valence-electron chi connectivity index (χ3n) is 5.81. The second-order valence-electron chi connectivity index (χ2n) is 7.53. The second-order valence-corrected chi connectivity index (χ2v) is 7.53. The van der Waals surface area contributed by atoms with Crippen LogP contribution >= 0.6 is 0 Å². The fourth-order valence-corrected chi connectivity index (χ4v) is 4.15. The van der Waals surface area contributed by atoms with Crippen LogP contribution in [0.3, 0.4) is 0 Å². The van der Waals surface area contributed by atoms with Crippen molar-refractivity contribution in [2.24, 2.45) is 0 Å². The summed E-state index contributed by atoms with van der Waals surface area (Å²) >= 11 is 0. The van der Waals surface area contributed by atoms with Crippen molar-refractivity contribution in [3.8, 4) is 0 Å². The molecule has 0 amide bonds. The van der Waals surface area contributed by atoms with Gasteiger partial charge in [0.2, 0.25) is 0 Å². The first kappa shape index (κ1) is 18.2. The SMILES string of the molecule is CC(=O)c1ccc(N2CCN(CCC3OCCc4ccccc43)CC2)cc1. The number of hydrogen-bond donors (Lipinski definition) is 0. The Morgan fingerprint density at radius 3 is 2.52 bits per heavy atom. The molecule has 0 bridgehead atoms. The van der Waals surface area contributed by atoms with Gasteiger partial charge in [0, 0.05) is 44.0 Å². The molecule has 2 heterocycles. The Balaban J connectivity index is 1.28. The van der Waals surface area contributed by atoms with Crippen LogP contribution in [-0.4, -0.2) is 50.0 Å². The van der Waals surface area contributed by atoms with Crippen molar-refractivity contribution < 1.29 is 9.53 Å². The number of rotatable bonds is 5. The lowest BCUT2D eigenvalue weighted by atomic mass is 9.95. The fraction of sp³-hybridized carbons (Fsp3) is 0.435. The van der Waals surface area contributed by atoms with Crippen molar-refractivity contribution >= 4 is 11.5 Å². The van der Waals surface area contributed by atoms with Gasteiger partial charge in [-0.1, -0.05) is 24.3 Å². The van der Waals surface area contributed by atoms with Crippen molar-refractivity contribution in [1.82, 2.24) is 4.90 Å².